The van der Waals surface area contributed by atoms with E-state index in [-0.39, 0.29) is 0 Å². The molecule has 0 spiro atoms. The molecule has 0 radical (unpaired) electrons. The average molecular weight is 397 g/mol. The summed E-state index contributed by atoms with van der Waals surface area (Å²) >= 11 is 12.5. The Labute approximate surface area is 165 Å². The number of nitrogens with zero attached hydrogens (tertiary/aromatic N) is 3. The third kappa shape index (κ3) is 3.27. The molecular formula is C20H14Cl2N4O. The fourth-order valence-corrected chi connectivity index (χ4v) is 3.43. The van der Waals surface area contributed by atoms with E-state index in [4.69, 9.17) is 33.7 Å². The van der Waals surface area contributed by atoms with E-state index >= 15 is 0 Å². The number of pyridine rings is 1. The van der Waals surface area contributed by atoms with Crippen LogP contribution in [0.25, 0.3) is 33.4 Å². The molecule has 7 heteroatoms. The first-order chi connectivity index (χ1) is 13.1. The number of methoxy groups -OCH3 is 1. The lowest BCUT2D eigenvalue weighted by atomic mass is 9.99. The molecule has 0 saturated heterocycles. The number of nitrogen functional groups attached to an aromatic ring is 1. The molecule has 4 aromatic rings. The minimum absolute atomic E-state index is 0.342. The molecule has 0 fully saturated rings. The zero-order valence-electron chi connectivity index (χ0n) is 14.3. The van der Waals surface area contributed by atoms with Gasteiger partial charge in [-0.2, -0.15) is 0 Å². The number of benzene rings is 2. The molecule has 2 aromatic heterocycles. The van der Waals surface area contributed by atoms with E-state index in [1.54, 1.807) is 19.2 Å². The summed E-state index contributed by atoms with van der Waals surface area (Å²) in [5.74, 6) is 1.11. The van der Waals surface area contributed by atoms with Crippen LogP contribution in [0.5, 0.6) is 5.75 Å². The van der Waals surface area contributed by atoms with Crippen LogP contribution in [0.1, 0.15) is 0 Å². The van der Waals surface area contributed by atoms with Gasteiger partial charge in [0.15, 0.2) is 5.65 Å². The predicted molar refractivity (Wildman–Crippen MR) is 109 cm³/mol. The summed E-state index contributed by atoms with van der Waals surface area (Å²) in [6, 6.07) is 14.9. The molecule has 2 heterocycles. The van der Waals surface area contributed by atoms with Crippen molar-refractivity contribution in [2.45, 2.75) is 0 Å². The van der Waals surface area contributed by atoms with Gasteiger partial charge < -0.3 is 10.5 Å². The van der Waals surface area contributed by atoms with Gasteiger partial charge in [-0.05, 0) is 42.5 Å². The van der Waals surface area contributed by atoms with E-state index in [0.29, 0.717) is 26.9 Å². The Kier molecular flexibility index (Phi) is 4.56. The smallest absolute Gasteiger partial charge is 0.165 e. The monoisotopic (exact) mass is 396 g/mol. The molecular weight excluding hydrogens is 383 g/mol. The maximum Gasteiger partial charge on any atom is 0.165 e. The van der Waals surface area contributed by atoms with Gasteiger partial charge in [-0.3, -0.25) is 0 Å². The zero-order valence-corrected chi connectivity index (χ0v) is 15.8. The van der Waals surface area contributed by atoms with Gasteiger partial charge in [-0.1, -0.05) is 29.3 Å². The molecule has 0 bridgehead atoms. The van der Waals surface area contributed by atoms with Gasteiger partial charge in [0, 0.05) is 26.7 Å². The summed E-state index contributed by atoms with van der Waals surface area (Å²) in [6.45, 7) is 0. The van der Waals surface area contributed by atoms with Gasteiger partial charge in [0.2, 0.25) is 0 Å². The Morgan fingerprint density at radius 2 is 1.70 bits per heavy atom. The van der Waals surface area contributed by atoms with Crippen LogP contribution >= 0.6 is 23.2 Å². The fraction of sp³-hybridized carbons (Fsp3) is 0.0500. The second-order valence-electron chi connectivity index (χ2n) is 5.87. The highest BCUT2D eigenvalue weighted by Gasteiger charge is 2.16. The first-order valence-electron chi connectivity index (χ1n) is 8.08. The van der Waals surface area contributed by atoms with Crippen molar-refractivity contribution in [2.24, 2.45) is 0 Å². The molecule has 4 rings (SSSR count). The summed E-state index contributed by atoms with van der Waals surface area (Å²) in [5, 5.41) is 1.72. The second kappa shape index (κ2) is 7.02. The molecule has 2 N–H and O–H groups in total. The number of ether oxygens (including phenoxy) is 1. The molecule has 0 amide bonds. The molecule has 0 aliphatic heterocycles. The number of nitrogens with two attached hydrogens (primary N) is 1. The zero-order chi connectivity index (χ0) is 19.0. The van der Waals surface area contributed by atoms with Crippen LogP contribution in [0.15, 0.2) is 54.9 Å². The summed E-state index contributed by atoms with van der Waals surface area (Å²) in [4.78, 5) is 13.1. The maximum atomic E-state index is 6.45. The largest absolute Gasteiger partial charge is 0.497 e. The third-order valence-corrected chi connectivity index (χ3v) is 4.79. The van der Waals surface area contributed by atoms with Crippen molar-refractivity contribution in [2.75, 3.05) is 12.8 Å². The van der Waals surface area contributed by atoms with Crippen molar-refractivity contribution in [1.29, 1.82) is 0 Å². The number of aromatic nitrogens is 3. The molecule has 0 aliphatic rings. The number of hydrogen-bond donors (Lipinski definition) is 1. The SMILES string of the molecule is COc1ccc(-c2cc(-c3ccc(Cl)cc3Cl)c3c(N)ncnc3n2)cc1. The number of fused-ring (bicyclic) bond motifs is 1. The van der Waals surface area contributed by atoms with Crippen molar-refractivity contribution in [1.82, 2.24) is 15.0 Å². The van der Waals surface area contributed by atoms with E-state index in [2.05, 4.69) is 15.0 Å². The van der Waals surface area contributed by atoms with Crippen LogP contribution in [0.4, 0.5) is 5.82 Å². The van der Waals surface area contributed by atoms with Crippen LogP contribution in [0.3, 0.4) is 0 Å². The second-order valence-corrected chi connectivity index (χ2v) is 6.71. The van der Waals surface area contributed by atoms with Crippen LogP contribution in [0, 0.1) is 0 Å². The van der Waals surface area contributed by atoms with E-state index < -0.39 is 0 Å². The van der Waals surface area contributed by atoms with Crippen molar-refractivity contribution < 1.29 is 4.74 Å². The standard InChI is InChI=1S/C20H14Cl2N4O/c1-27-13-5-2-11(3-6-13)17-9-15(14-7-4-12(21)8-16(14)22)18-19(23)24-10-25-20(18)26-17/h2-10H,1H3,(H2,23,24,25,26). The highest BCUT2D eigenvalue weighted by atomic mass is 35.5. The summed E-state index contributed by atoms with van der Waals surface area (Å²) < 4.78 is 5.22. The molecule has 0 atom stereocenters. The Morgan fingerprint density at radius 1 is 0.926 bits per heavy atom. The number of anilines is 1. The number of halogens is 2. The minimum Gasteiger partial charge on any atom is -0.497 e. The Hall–Kier alpha value is -2.89. The summed E-state index contributed by atoms with van der Waals surface area (Å²) in [7, 11) is 1.63. The normalized spacial score (nSPS) is 10.9. The third-order valence-electron chi connectivity index (χ3n) is 4.24. The number of hydrogen-bond acceptors (Lipinski definition) is 5. The van der Waals surface area contributed by atoms with Crippen LogP contribution in [-0.4, -0.2) is 22.1 Å². The van der Waals surface area contributed by atoms with Crippen molar-refractivity contribution >= 4 is 40.1 Å². The molecule has 0 aliphatic carbocycles. The van der Waals surface area contributed by atoms with Gasteiger partial charge in [0.05, 0.1) is 18.2 Å². The van der Waals surface area contributed by atoms with E-state index in [0.717, 1.165) is 28.1 Å². The molecule has 2 aromatic carbocycles. The van der Waals surface area contributed by atoms with Gasteiger partial charge in [-0.25, -0.2) is 15.0 Å². The maximum absolute atomic E-state index is 6.45. The lowest BCUT2D eigenvalue weighted by molar-refractivity contribution is 0.415. The first-order valence-corrected chi connectivity index (χ1v) is 8.83. The Morgan fingerprint density at radius 3 is 2.41 bits per heavy atom. The van der Waals surface area contributed by atoms with Gasteiger partial charge in [0.1, 0.15) is 17.9 Å². The average Bonchev–Trinajstić information content (AvgIpc) is 2.67. The van der Waals surface area contributed by atoms with Gasteiger partial charge >= 0.3 is 0 Å². The topological polar surface area (TPSA) is 73.9 Å². The van der Waals surface area contributed by atoms with Gasteiger partial charge in [-0.15, -0.1) is 0 Å². The molecule has 0 saturated carbocycles. The lowest BCUT2D eigenvalue weighted by Gasteiger charge is -2.12. The molecule has 0 unspecified atom stereocenters. The predicted octanol–water partition coefficient (Wildman–Crippen LogP) is 5.26. The minimum atomic E-state index is 0.342. The molecule has 5 nitrogen and oxygen atoms in total. The van der Waals surface area contributed by atoms with Crippen molar-refractivity contribution in [3.8, 4) is 28.1 Å². The summed E-state index contributed by atoms with van der Waals surface area (Å²) in [5.41, 5.74) is 9.86. The lowest BCUT2D eigenvalue weighted by Crippen LogP contribution is -1.99. The van der Waals surface area contributed by atoms with Crippen LogP contribution < -0.4 is 10.5 Å². The molecule has 134 valence electrons. The van der Waals surface area contributed by atoms with Crippen LogP contribution in [-0.2, 0) is 0 Å². The van der Waals surface area contributed by atoms with Crippen molar-refractivity contribution in [3.05, 3.63) is 64.9 Å². The van der Waals surface area contributed by atoms with Gasteiger partial charge in [0.25, 0.3) is 0 Å². The van der Waals surface area contributed by atoms with Crippen LogP contribution in [0.2, 0.25) is 10.0 Å². The quantitative estimate of drug-likeness (QED) is 0.511. The van der Waals surface area contributed by atoms with E-state index in [9.17, 15) is 0 Å². The van der Waals surface area contributed by atoms with E-state index in [1.807, 2.05) is 36.4 Å². The van der Waals surface area contributed by atoms with Crippen molar-refractivity contribution in [3.63, 3.8) is 0 Å². The highest BCUT2D eigenvalue weighted by Crippen LogP contribution is 2.38. The Balaban J connectivity index is 2.00. The first kappa shape index (κ1) is 17.5. The Bertz CT molecular complexity index is 1150. The number of rotatable bonds is 3. The fourth-order valence-electron chi connectivity index (χ4n) is 2.92. The summed E-state index contributed by atoms with van der Waals surface area (Å²) in [6.07, 6.45) is 1.40. The molecule has 27 heavy (non-hydrogen) atoms. The van der Waals surface area contributed by atoms with E-state index in [1.165, 1.54) is 6.33 Å². The highest BCUT2D eigenvalue weighted by molar-refractivity contribution is 6.36.